The molecule has 0 spiro atoms. The molecule has 18 heavy (non-hydrogen) atoms. The van der Waals surface area contributed by atoms with E-state index in [1.165, 1.54) is 5.56 Å². The Morgan fingerprint density at radius 2 is 1.83 bits per heavy atom. The van der Waals surface area contributed by atoms with Gasteiger partial charge >= 0.3 is 0 Å². The lowest BCUT2D eigenvalue weighted by atomic mass is 10.0. The number of nitrogens with zero attached hydrogens (tertiary/aromatic N) is 1. The molecule has 0 saturated carbocycles. The summed E-state index contributed by atoms with van der Waals surface area (Å²) in [6.07, 6.45) is 3.95. The summed E-state index contributed by atoms with van der Waals surface area (Å²) < 4.78 is 0. The first-order chi connectivity index (χ1) is 8.90. The highest BCUT2D eigenvalue weighted by Gasteiger charge is 2.09. The molecule has 1 aromatic heterocycles. The Morgan fingerprint density at radius 1 is 1.06 bits per heavy atom. The van der Waals surface area contributed by atoms with Gasteiger partial charge in [0, 0.05) is 17.9 Å². The molecule has 1 aromatic carbocycles. The number of pyridine rings is 1. The van der Waals surface area contributed by atoms with Gasteiger partial charge in [-0.1, -0.05) is 43.3 Å². The third-order valence-corrected chi connectivity index (χ3v) is 3.07. The SMILES string of the molecule is CCNC(CCc1ccccn1)c1ccccc1. The molecule has 2 heteroatoms. The van der Waals surface area contributed by atoms with Gasteiger partial charge in [-0.3, -0.25) is 4.98 Å². The second-order valence-corrected chi connectivity index (χ2v) is 4.38. The molecule has 1 unspecified atom stereocenters. The van der Waals surface area contributed by atoms with Gasteiger partial charge in [0.1, 0.15) is 0 Å². The van der Waals surface area contributed by atoms with Gasteiger partial charge in [0.15, 0.2) is 0 Å². The van der Waals surface area contributed by atoms with Gasteiger partial charge in [0.05, 0.1) is 0 Å². The van der Waals surface area contributed by atoms with E-state index in [0.29, 0.717) is 6.04 Å². The van der Waals surface area contributed by atoms with Crippen molar-refractivity contribution in [3.63, 3.8) is 0 Å². The van der Waals surface area contributed by atoms with E-state index in [2.05, 4.69) is 53.6 Å². The van der Waals surface area contributed by atoms with Crippen molar-refractivity contribution in [2.45, 2.75) is 25.8 Å². The smallest absolute Gasteiger partial charge is 0.0404 e. The van der Waals surface area contributed by atoms with Crippen molar-refractivity contribution in [2.75, 3.05) is 6.54 Å². The molecular formula is C16H20N2. The number of hydrogen-bond acceptors (Lipinski definition) is 2. The first-order valence-corrected chi connectivity index (χ1v) is 6.58. The maximum atomic E-state index is 4.38. The molecule has 0 saturated heterocycles. The van der Waals surface area contributed by atoms with E-state index in [1.54, 1.807) is 0 Å². The zero-order valence-corrected chi connectivity index (χ0v) is 10.8. The Balaban J connectivity index is 1.99. The van der Waals surface area contributed by atoms with Crippen LogP contribution in [0, 0.1) is 0 Å². The molecule has 1 N–H and O–H groups in total. The Bertz CT molecular complexity index is 439. The quantitative estimate of drug-likeness (QED) is 0.837. The van der Waals surface area contributed by atoms with E-state index in [9.17, 15) is 0 Å². The standard InChI is InChI=1S/C16H20N2/c1-2-17-16(14-8-4-3-5-9-14)12-11-15-10-6-7-13-18-15/h3-10,13,16-17H,2,11-12H2,1H3. The monoisotopic (exact) mass is 240 g/mol. The van der Waals surface area contributed by atoms with Crippen LogP contribution in [0.3, 0.4) is 0 Å². The predicted octanol–water partition coefficient (Wildman–Crippen LogP) is 3.37. The lowest BCUT2D eigenvalue weighted by Gasteiger charge is -2.18. The normalized spacial score (nSPS) is 12.3. The third kappa shape index (κ3) is 3.67. The number of aryl methyl sites for hydroxylation is 1. The second-order valence-electron chi connectivity index (χ2n) is 4.38. The number of rotatable bonds is 6. The topological polar surface area (TPSA) is 24.9 Å². The van der Waals surface area contributed by atoms with Gasteiger partial charge < -0.3 is 5.32 Å². The van der Waals surface area contributed by atoms with E-state index in [0.717, 1.165) is 25.1 Å². The van der Waals surface area contributed by atoms with Crippen LogP contribution in [-0.2, 0) is 6.42 Å². The molecule has 0 fully saturated rings. The lowest BCUT2D eigenvalue weighted by Crippen LogP contribution is -2.21. The Labute approximate surface area is 109 Å². The fourth-order valence-corrected chi connectivity index (χ4v) is 2.16. The molecule has 2 nitrogen and oxygen atoms in total. The van der Waals surface area contributed by atoms with E-state index in [4.69, 9.17) is 0 Å². The highest BCUT2D eigenvalue weighted by Crippen LogP contribution is 2.18. The van der Waals surface area contributed by atoms with Crippen molar-refractivity contribution in [1.82, 2.24) is 10.3 Å². The van der Waals surface area contributed by atoms with Crippen molar-refractivity contribution in [2.24, 2.45) is 0 Å². The summed E-state index contributed by atoms with van der Waals surface area (Å²) in [7, 11) is 0. The number of benzene rings is 1. The first-order valence-electron chi connectivity index (χ1n) is 6.58. The summed E-state index contributed by atoms with van der Waals surface area (Å²) in [5.41, 5.74) is 2.52. The molecular weight excluding hydrogens is 220 g/mol. The fraction of sp³-hybridized carbons (Fsp3) is 0.312. The molecule has 1 heterocycles. The minimum atomic E-state index is 0.415. The summed E-state index contributed by atoms with van der Waals surface area (Å²) in [5.74, 6) is 0. The maximum absolute atomic E-state index is 4.38. The molecule has 0 radical (unpaired) electrons. The summed E-state index contributed by atoms with van der Waals surface area (Å²) in [4.78, 5) is 4.38. The zero-order chi connectivity index (χ0) is 12.6. The highest BCUT2D eigenvalue weighted by atomic mass is 14.9. The van der Waals surface area contributed by atoms with Gasteiger partial charge in [-0.15, -0.1) is 0 Å². The molecule has 0 aliphatic heterocycles. The Kier molecular flexibility index (Phi) is 4.91. The zero-order valence-electron chi connectivity index (χ0n) is 10.8. The minimum absolute atomic E-state index is 0.415. The second kappa shape index (κ2) is 6.92. The van der Waals surface area contributed by atoms with Crippen molar-refractivity contribution < 1.29 is 0 Å². The molecule has 0 aliphatic carbocycles. The Morgan fingerprint density at radius 3 is 2.50 bits per heavy atom. The van der Waals surface area contributed by atoms with E-state index < -0.39 is 0 Å². The molecule has 2 aromatic rings. The van der Waals surface area contributed by atoms with Gasteiger partial charge in [0.2, 0.25) is 0 Å². The van der Waals surface area contributed by atoms with Gasteiger partial charge in [-0.25, -0.2) is 0 Å². The minimum Gasteiger partial charge on any atom is -0.310 e. The van der Waals surface area contributed by atoms with Crippen LogP contribution in [0.5, 0.6) is 0 Å². The highest BCUT2D eigenvalue weighted by molar-refractivity contribution is 5.19. The van der Waals surface area contributed by atoms with Crippen molar-refractivity contribution in [1.29, 1.82) is 0 Å². The van der Waals surface area contributed by atoms with Crippen LogP contribution >= 0.6 is 0 Å². The van der Waals surface area contributed by atoms with Crippen molar-refractivity contribution >= 4 is 0 Å². The predicted molar refractivity (Wildman–Crippen MR) is 75.4 cm³/mol. The van der Waals surface area contributed by atoms with E-state index in [-0.39, 0.29) is 0 Å². The number of aromatic nitrogens is 1. The molecule has 94 valence electrons. The summed E-state index contributed by atoms with van der Waals surface area (Å²) in [6.45, 7) is 3.14. The number of nitrogens with one attached hydrogen (secondary N) is 1. The van der Waals surface area contributed by atoms with Crippen LogP contribution in [0.4, 0.5) is 0 Å². The van der Waals surface area contributed by atoms with Crippen LogP contribution in [0.25, 0.3) is 0 Å². The third-order valence-electron chi connectivity index (χ3n) is 3.07. The molecule has 0 aliphatic rings. The van der Waals surface area contributed by atoms with E-state index in [1.807, 2.05) is 18.3 Å². The molecule has 1 atom stereocenters. The van der Waals surface area contributed by atoms with Crippen LogP contribution in [0.1, 0.15) is 30.6 Å². The van der Waals surface area contributed by atoms with Crippen LogP contribution in [0.15, 0.2) is 54.7 Å². The van der Waals surface area contributed by atoms with Gasteiger partial charge in [-0.05, 0) is 37.1 Å². The van der Waals surface area contributed by atoms with E-state index >= 15 is 0 Å². The first kappa shape index (κ1) is 12.8. The van der Waals surface area contributed by atoms with Crippen molar-refractivity contribution in [3.8, 4) is 0 Å². The maximum Gasteiger partial charge on any atom is 0.0404 e. The average Bonchev–Trinajstić information content (AvgIpc) is 2.45. The van der Waals surface area contributed by atoms with Crippen LogP contribution in [0.2, 0.25) is 0 Å². The average molecular weight is 240 g/mol. The summed E-state index contributed by atoms with van der Waals surface area (Å²) in [5, 5.41) is 3.54. The van der Waals surface area contributed by atoms with Crippen LogP contribution < -0.4 is 5.32 Å². The Hall–Kier alpha value is -1.67. The van der Waals surface area contributed by atoms with Crippen LogP contribution in [-0.4, -0.2) is 11.5 Å². The molecule has 2 rings (SSSR count). The summed E-state index contributed by atoms with van der Waals surface area (Å²) >= 11 is 0. The largest absolute Gasteiger partial charge is 0.310 e. The molecule has 0 amide bonds. The summed E-state index contributed by atoms with van der Waals surface area (Å²) in [6, 6.07) is 17.1. The fourth-order valence-electron chi connectivity index (χ4n) is 2.16. The number of hydrogen-bond donors (Lipinski definition) is 1. The molecule has 0 bridgehead atoms. The van der Waals surface area contributed by atoms with Crippen molar-refractivity contribution in [3.05, 3.63) is 66.0 Å². The lowest BCUT2D eigenvalue weighted by molar-refractivity contribution is 0.513. The van der Waals surface area contributed by atoms with Gasteiger partial charge in [-0.2, -0.15) is 0 Å². The van der Waals surface area contributed by atoms with Gasteiger partial charge in [0.25, 0.3) is 0 Å².